The van der Waals surface area contributed by atoms with Gasteiger partial charge in [0.1, 0.15) is 0 Å². The largest absolute Gasteiger partial charge is 0.479 e. The lowest BCUT2D eigenvalue weighted by Crippen LogP contribution is -2.34. The number of nitrogens with one attached hydrogen (secondary N) is 1. The van der Waals surface area contributed by atoms with Crippen LogP contribution in [0.1, 0.15) is 24.9 Å². The molecule has 0 aliphatic carbocycles. The summed E-state index contributed by atoms with van der Waals surface area (Å²) in [5.74, 6) is -0.137. The second-order valence-corrected chi connectivity index (χ2v) is 5.96. The molecule has 0 saturated heterocycles. The zero-order valence-electron chi connectivity index (χ0n) is 10.6. The fourth-order valence-corrected chi connectivity index (χ4v) is 2.42. The molecule has 104 valence electrons. The number of rotatable bonds is 7. The number of aliphatic carboxylic acids is 1. The average Bonchev–Trinajstić information content (AvgIpc) is 2.37. The van der Waals surface area contributed by atoms with Gasteiger partial charge in [0.05, 0.1) is 5.75 Å². The molecule has 0 fully saturated rings. The molecule has 1 atom stereocenters. The Bertz CT molecular complexity index is 436. The molecule has 2 N–H and O–H groups in total. The fraction of sp³-hybridized carbons (Fsp3) is 0.385. The second kappa shape index (κ2) is 8.22. The number of carboxylic acids is 1. The fourth-order valence-electron chi connectivity index (χ4n) is 1.45. The summed E-state index contributed by atoms with van der Waals surface area (Å²) in [6, 6.07) is 5.87. The van der Waals surface area contributed by atoms with E-state index in [1.165, 1.54) is 11.8 Å². The quantitative estimate of drug-likeness (QED) is 0.745. The van der Waals surface area contributed by atoms with Gasteiger partial charge in [-0.1, -0.05) is 35.0 Å². The van der Waals surface area contributed by atoms with Crippen LogP contribution in [0.25, 0.3) is 0 Å². The summed E-state index contributed by atoms with van der Waals surface area (Å²) in [6.07, 6.45) is 0.993. The molecular formula is C13H16BrNO3S. The van der Waals surface area contributed by atoms with E-state index in [0.29, 0.717) is 5.56 Å². The minimum atomic E-state index is -1.06. The molecule has 0 radical (unpaired) electrons. The first-order valence-corrected chi connectivity index (χ1v) is 7.84. The molecule has 0 bridgehead atoms. The number of carbonyl (C=O) groups excluding carboxylic acids is 1. The van der Waals surface area contributed by atoms with E-state index in [1.54, 1.807) is 24.3 Å². The molecule has 4 nitrogen and oxygen atoms in total. The summed E-state index contributed by atoms with van der Waals surface area (Å²) >= 11 is 4.79. The number of hydrogen-bond acceptors (Lipinski definition) is 3. The minimum Gasteiger partial charge on any atom is -0.479 e. The standard InChI is InChI=1S/C13H16BrNO3S/c1-2-7-19-8-11(16)15-12(13(17)18)9-3-5-10(14)6-4-9/h3-6,12H,2,7-8H2,1H3,(H,15,16)(H,17,18). The zero-order valence-corrected chi connectivity index (χ0v) is 13.0. The van der Waals surface area contributed by atoms with E-state index in [2.05, 4.69) is 21.2 Å². The molecule has 1 unspecified atom stereocenters. The maximum absolute atomic E-state index is 11.7. The van der Waals surface area contributed by atoms with Gasteiger partial charge in [-0.05, 0) is 29.9 Å². The summed E-state index contributed by atoms with van der Waals surface area (Å²) in [7, 11) is 0. The van der Waals surface area contributed by atoms with Gasteiger partial charge in [-0.25, -0.2) is 4.79 Å². The van der Waals surface area contributed by atoms with Gasteiger partial charge in [0.2, 0.25) is 5.91 Å². The van der Waals surface area contributed by atoms with Crippen LogP contribution in [0.3, 0.4) is 0 Å². The number of halogens is 1. The summed E-state index contributed by atoms with van der Waals surface area (Å²) in [4.78, 5) is 22.9. The minimum absolute atomic E-state index is 0.256. The van der Waals surface area contributed by atoms with Crippen molar-refractivity contribution in [2.24, 2.45) is 0 Å². The number of amides is 1. The molecule has 1 rings (SSSR count). The number of thioether (sulfide) groups is 1. The summed E-state index contributed by atoms with van der Waals surface area (Å²) in [5, 5.41) is 11.7. The van der Waals surface area contributed by atoms with Crippen molar-refractivity contribution in [1.29, 1.82) is 0 Å². The highest BCUT2D eigenvalue weighted by atomic mass is 79.9. The summed E-state index contributed by atoms with van der Waals surface area (Å²) in [5.41, 5.74) is 0.560. The lowest BCUT2D eigenvalue weighted by atomic mass is 10.1. The molecule has 0 aliphatic rings. The van der Waals surface area contributed by atoms with Gasteiger partial charge < -0.3 is 10.4 Å². The Morgan fingerprint density at radius 2 is 2.00 bits per heavy atom. The van der Waals surface area contributed by atoms with Crippen LogP contribution < -0.4 is 5.32 Å². The van der Waals surface area contributed by atoms with Crippen molar-refractivity contribution in [1.82, 2.24) is 5.32 Å². The van der Waals surface area contributed by atoms with E-state index in [4.69, 9.17) is 0 Å². The highest BCUT2D eigenvalue weighted by Crippen LogP contribution is 2.17. The van der Waals surface area contributed by atoms with Crippen molar-refractivity contribution < 1.29 is 14.7 Å². The molecule has 1 amide bonds. The van der Waals surface area contributed by atoms with Crippen LogP contribution in [0.15, 0.2) is 28.7 Å². The molecule has 1 aromatic carbocycles. The van der Waals surface area contributed by atoms with Crippen molar-refractivity contribution in [3.05, 3.63) is 34.3 Å². The molecule has 1 aromatic rings. The maximum atomic E-state index is 11.7. The second-order valence-electron chi connectivity index (χ2n) is 3.94. The molecule has 0 saturated carbocycles. The highest BCUT2D eigenvalue weighted by molar-refractivity contribution is 9.10. The van der Waals surface area contributed by atoms with E-state index in [-0.39, 0.29) is 11.7 Å². The predicted octanol–water partition coefficient (Wildman–Crippen LogP) is 2.83. The summed E-state index contributed by atoms with van der Waals surface area (Å²) in [6.45, 7) is 2.03. The first kappa shape index (κ1) is 16.0. The van der Waals surface area contributed by atoms with Gasteiger partial charge in [-0.15, -0.1) is 0 Å². The Balaban J connectivity index is 2.65. The van der Waals surface area contributed by atoms with Crippen LogP contribution in [-0.2, 0) is 9.59 Å². The van der Waals surface area contributed by atoms with Crippen molar-refractivity contribution >= 4 is 39.6 Å². The third-order valence-electron chi connectivity index (χ3n) is 2.34. The monoisotopic (exact) mass is 345 g/mol. The molecule has 0 spiro atoms. The third kappa shape index (κ3) is 5.65. The molecule has 0 aromatic heterocycles. The van der Waals surface area contributed by atoms with E-state index in [1.807, 2.05) is 6.92 Å². The number of benzene rings is 1. The Morgan fingerprint density at radius 1 is 1.37 bits per heavy atom. The highest BCUT2D eigenvalue weighted by Gasteiger charge is 2.21. The van der Waals surface area contributed by atoms with Crippen LogP contribution in [-0.4, -0.2) is 28.5 Å². The van der Waals surface area contributed by atoms with Gasteiger partial charge >= 0.3 is 5.97 Å². The normalized spacial score (nSPS) is 11.9. The topological polar surface area (TPSA) is 66.4 Å². The van der Waals surface area contributed by atoms with E-state index < -0.39 is 12.0 Å². The van der Waals surface area contributed by atoms with E-state index >= 15 is 0 Å². The Labute approximate surface area is 125 Å². The van der Waals surface area contributed by atoms with Gasteiger partial charge in [0, 0.05) is 4.47 Å². The van der Waals surface area contributed by atoms with Crippen LogP contribution in [0.5, 0.6) is 0 Å². The van der Waals surface area contributed by atoms with Crippen LogP contribution in [0.2, 0.25) is 0 Å². The van der Waals surface area contributed by atoms with Crippen LogP contribution in [0, 0.1) is 0 Å². The number of hydrogen-bond donors (Lipinski definition) is 2. The van der Waals surface area contributed by atoms with Gasteiger partial charge in [-0.3, -0.25) is 4.79 Å². The van der Waals surface area contributed by atoms with E-state index in [0.717, 1.165) is 16.6 Å². The smallest absolute Gasteiger partial charge is 0.330 e. The van der Waals surface area contributed by atoms with Crippen molar-refractivity contribution in [3.63, 3.8) is 0 Å². The molecular weight excluding hydrogens is 330 g/mol. The molecule has 0 heterocycles. The van der Waals surface area contributed by atoms with Crippen LogP contribution in [0.4, 0.5) is 0 Å². The molecule has 19 heavy (non-hydrogen) atoms. The number of carbonyl (C=O) groups is 2. The lowest BCUT2D eigenvalue weighted by Gasteiger charge is -2.14. The van der Waals surface area contributed by atoms with Crippen molar-refractivity contribution in [2.45, 2.75) is 19.4 Å². The van der Waals surface area contributed by atoms with Gasteiger partial charge in [-0.2, -0.15) is 11.8 Å². The third-order valence-corrected chi connectivity index (χ3v) is 4.03. The van der Waals surface area contributed by atoms with Crippen LogP contribution >= 0.6 is 27.7 Å². The van der Waals surface area contributed by atoms with Crippen molar-refractivity contribution in [3.8, 4) is 0 Å². The van der Waals surface area contributed by atoms with Gasteiger partial charge in [0.25, 0.3) is 0 Å². The SMILES string of the molecule is CCCSCC(=O)NC(C(=O)O)c1ccc(Br)cc1. The Kier molecular flexibility index (Phi) is 6.94. The Morgan fingerprint density at radius 3 is 2.53 bits per heavy atom. The Hall–Kier alpha value is -1.01. The van der Waals surface area contributed by atoms with Crippen molar-refractivity contribution in [2.75, 3.05) is 11.5 Å². The first-order chi connectivity index (χ1) is 9.04. The maximum Gasteiger partial charge on any atom is 0.330 e. The number of carboxylic acid groups (broad SMARTS) is 1. The van der Waals surface area contributed by atoms with Gasteiger partial charge in [0.15, 0.2) is 6.04 Å². The predicted molar refractivity (Wildman–Crippen MR) is 80.3 cm³/mol. The first-order valence-electron chi connectivity index (χ1n) is 5.90. The lowest BCUT2D eigenvalue weighted by molar-refractivity contribution is -0.141. The van der Waals surface area contributed by atoms with E-state index in [9.17, 15) is 14.7 Å². The zero-order chi connectivity index (χ0) is 14.3. The molecule has 6 heteroatoms. The molecule has 0 aliphatic heterocycles. The average molecular weight is 346 g/mol. The summed E-state index contributed by atoms with van der Waals surface area (Å²) < 4.78 is 0.866.